The number of rotatable bonds is 6. The van der Waals surface area contributed by atoms with Gasteiger partial charge in [-0.15, -0.1) is 8.78 Å². The van der Waals surface area contributed by atoms with E-state index in [0.29, 0.717) is 12.2 Å². The van der Waals surface area contributed by atoms with Gasteiger partial charge in [0.25, 0.3) is 0 Å². The maximum Gasteiger partial charge on any atom is 0.586 e. The summed E-state index contributed by atoms with van der Waals surface area (Å²) in [6.45, 7) is 4.67. The van der Waals surface area contributed by atoms with Gasteiger partial charge in [0.2, 0.25) is 0 Å². The first-order valence-electron chi connectivity index (χ1n) is 6.68. The molecule has 0 amide bonds. The Morgan fingerprint density at radius 3 is 2.45 bits per heavy atom. The molecule has 0 fully saturated rings. The fraction of sp³-hybridized carbons (Fsp3) is 0.571. The van der Waals surface area contributed by atoms with E-state index in [1.807, 2.05) is 13.8 Å². The summed E-state index contributed by atoms with van der Waals surface area (Å²) in [6, 6.07) is 4.57. The van der Waals surface area contributed by atoms with Crippen molar-refractivity contribution in [3.63, 3.8) is 0 Å². The van der Waals surface area contributed by atoms with Crippen molar-refractivity contribution < 1.29 is 23.4 Å². The van der Waals surface area contributed by atoms with E-state index in [2.05, 4.69) is 14.8 Å². The highest BCUT2D eigenvalue weighted by molar-refractivity contribution is 5.56. The van der Waals surface area contributed by atoms with E-state index in [0.717, 1.165) is 12.8 Å². The van der Waals surface area contributed by atoms with E-state index in [9.17, 15) is 13.9 Å². The number of ether oxygens (including phenoxy) is 2. The number of hydrogen-bond donors (Lipinski definition) is 2. The van der Waals surface area contributed by atoms with Gasteiger partial charge in [0.15, 0.2) is 11.5 Å². The second-order valence-electron chi connectivity index (χ2n) is 5.05. The summed E-state index contributed by atoms with van der Waals surface area (Å²) < 4.78 is 34.6. The monoisotopic (exact) mass is 287 g/mol. The molecule has 1 aromatic carbocycles. The molecule has 4 nitrogen and oxygen atoms in total. The molecule has 6 heteroatoms. The zero-order valence-electron chi connectivity index (χ0n) is 11.6. The highest BCUT2D eigenvalue weighted by atomic mass is 19.3. The van der Waals surface area contributed by atoms with Crippen LogP contribution in [0.3, 0.4) is 0 Å². The SMILES string of the molecule is CCC(CC)(CO)CNc1ccc2c(c1)OC(F)(F)O2. The van der Waals surface area contributed by atoms with Gasteiger partial charge in [-0.2, -0.15) is 0 Å². The summed E-state index contributed by atoms with van der Waals surface area (Å²) in [7, 11) is 0. The molecule has 1 heterocycles. The minimum absolute atomic E-state index is 0.0163. The van der Waals surface area contributed by atoms with Crippen molar-refractivity contribution in [3.05, 3.63) is 18.2 Å². The molecule has 0 radical (unpaired) electrons. The number of anilines is 1. The minimum atomic E-state index is -3.59. The largest absolute Gasteiger partial charge is 0.586 e. The van der Waals surface area contributed by atoms with E-state index in [-0.39, 0.29) is 23.5 Å². The van der Waals surface area contributed by atoms with E-state index in [1.165, 1.54) is 12.1 Å². The fourth-order valence-electron chi connectivity index (χ4n) is 2.13. The number of alkyl halides is 2. The third-order valence-electron chi connectivity index (χ3n) is 3.90. The average molecular weight is 287 g/mol. The lowest BCUT2D eigenvalue weighted by Gasteiger charge is -2.30. The number of aliphatic hydroxyl groups excluding tert-OH is 1. The van der Waals surface area contributed by atoms with Gasteiger partial charge in [-0.3, -0.25) is 0 Å². The highest BCUT2D eigenvalue weighted by Crippen LogP contribution is 2.42. The first-order chi connectivity index (χ1) is 9.43. The molecule has 0 atom stereocenters. The van der Waals surface area contributed by atoms with Crippen LogP contribution in [0.4, 0.5) is 14.5 Å². The lowest BCUT2D eigenvalue weighted by molar-refractivity contribution is -0.286. The van der Waals surface area contributed by atoms with Gasteiger partial charge < -0.3 is 19.9 Å². The van der Waals surface area contributed by atoms with Crippen LogP contribution < -0.4 is 14.8 Å². The van der Waals surface area contributed by atoms with E-state index in [4.69, 9.17) is 0 Å². The average Bonchev–Trinajstić information content (AvgIpc) is 2.74. The van der Waals surface area contributed by atoms with Crippen molar-refractivity contribution in [2.75, 3.05) is 18.5 Å². The highest BCUT2D eigenvalue weighted by Gasteiger charge is 2.43. The standard InChI is InChI=1S/C14H19F2NO3/c1-3-13(4-2,9-18)8-17-10-5-6-11-12(7-10)20-14(15,16)19-11/h5-7,17-18H,3-4,8-9H2,1-2H3. The molecule has 0 saturated heterocycles. The number of nitrogens with one attached hydrogen (secondary N) is 1. The summed E-state index contributed by atoms with van der Waals surface area (Å²) in [6.07, 6.45) is -1.94. The Morgan fingerprint density at radius 1 is 1.20 bits per heavy atom. The number of hydrogen-bond acceptors (Lipinski definition) is 4. The van der Waals surface area contributed by atoms with Gasteiger partial charge in [0.05, 0.1) is 6.61 Å². The van der Waals surface area contributed by atoms with Crippen LogP contribution in [0.2, 0.25) is 0 Å². The smallest absolute Gasteiger partial charge is 0.396 e. The Hall–Kier alpha value is -1.56. The van der Waals surface area contributed by atoms with Crippen LogP contribution in [-0.2, 0) is 0 Å². The van der Waals surface area contributed by atoms with Gasteiger partial charge in [0, 0.05) is 23.7 Å². The van der Waals surface area contributed by atoms with Crippen LogP contribution in [-0.4, -0.2) is 24.6 Å². The van der Waals surface area contributed by atoms with Crippen LogP contribution in [0.15, 0.2) is 18.2 Å². The van der Waals surface area contributed by atoms with Gasteiger partial charge in [0.1, 0.15) is 0 Å². The lowest BCUT2D eigenvalue weighted by Crippen LogP contribution is -2.32. The van der Waals surface area contributed by atoms with Gasteiger partial charge >= 0.3 is 6.29 Å². The summed E-state index contributed by atoms with van der Waals surface area (Å²) >= 11 is 0. The van der Waals surface area contributed by atoms with Crippen molar-refractivity contribution >= 4 is 5.69 Å². The second-order valence-corrected chi connectivity index (χ2v) is 5.05. The Labute approximate surface area is 116 Å². The van der Waals surface area contributed by atoms with Crippen LogP contribution in [0.25, 0.3) is 0 Å². The lowest BCUT2D eigenvalue weighted by atomic mass is 9.83. The Kier molecular flexibility index (Phi) is 4.04. The van der Waals surface area contributed by atoms with E-state index in [1.54, 1.807) is 6.07 Å². The van der Waals surface area contributed by atoms with Gasteiger partial charge in [-0.05, 0) is 25.0 Å². The summed E-state index contributed by atoms with van der Waals surface area (Å²) in [5.74, 6) is 0.0440. The number of fused-ring (bicyclic) bond motifs is 1. The normalized spacial score (nSPS) is 16.2. The molecule has 1 aromatic rings. The Bertz CT molecular complexity index is 467. The number of halogens is 2. The van der Waals surface area contributed by atoms with Crippen molar-refractivity contribution in [1.29, 1.82) is 0 Å². The quantitative estimate of drug-likeness (QED) is 0.843. The van der Waals surface area contributed by atoms with Crippen molar-refractivity contribution in [3.8, 4) is 11.5 Å². The molecule has 0 aromatic heterocycles. The summed E-state index contributed by atoms with van der Waals surface area (Å²) in [5.41, 5.74) is 0.449. The molecule has 0 unspecified atom stereocenters. The third kappa shape index (κ3) is 2.95. The van der Waals surface area contributed by atoms with Gasteiger partial charge in [-0.25, -0.2) is 0 Å². The van der Waals surface area contributed by atoms with E-state index >= 15 is 0 Å². The van der Waals surface area contributed by atoms with Crippen LogP contribution in [0.5, 0.6) is 11.5 Å². The Morgan fingerprint density at radius 2 is 1.85 bits per heavy atom. The van der Waals surface area contributed by atoms with Crippen LogP contribution >= 0.6 is 0 Å². The van der Waals surface area contributed by atoms with Crippen LogP contribution in [0.1, 0.15) is 26.7 Å². The molecule has 0 bridgehead atoms. The maximum atomic E-state index is 12.9. The first kappa shape index (κ1) is 14.8. The second kappa shape index (κ2) is 5.44. The molecule has 0 aliphatic carbocycles. The topological polar surface area (TPSA) is 50.7 Å². The minimum Gasteiger partial charge on any atom is -0.396 e. The molecular weight excluding hydrogens is 268 g/mol. The van der Waals surface area contributed by atoms with Crippen LogP contribution in [0, 0.1) is 5.41 Å². The molecule has 0 spiro atoms. The molecule has 1 aliphatic rings. The van der Waals surface area contributed by atoms with Crippen molar-refractivity contribution in [1.82, 2.24) is 0 Å². The summed E-state index contributed by atoms with van der Waals surface area (Å²) in [4.78, 5) is 0. The Balaban J connectivity index is 2.06. The first-order valence-corrected chi connectivity index (χ1v) is 6.68. The molecule has 112 valence electrons. The predicted molar refractivity (Wildman–Crippen MR) is 71.2 cm³/mol. The maximum absolute atomic E-state index is 12.9. The fourth-order valence-corrected chi connectivity index (χ4v) is 2.13. The third-order valence-corrected chi connectivity index (χ3v) is 3.90. The summed E-state index contributed by atoms with van der Waals surface area (Å²) in [5, 5.41) is 12.6. The van der Waals surface area contributed by atoms with Crippen molar-refractivity contribution in [2.24, 2.45) is 5.41 Å². The predicted octanol–water partition coefficient (Wildman–Crippen LogP) is 3.22. The molecule has 0 saturated carbocycles. The molecule has 2 N–H and O–H groups in total. The molecule has 1 aliphatic heterocycles. The number of benzene rings is 1. The molecular formula is C14H19F2NO3. The number of aliphatic hydroxyl groups is 1. The molecule has 20 heavy (non-hydrogen) atoms. The van der Waals surface area contributed by atoms with Gasteiger partial charge in [-0.1, -0.05) is 13.8 Å². The zero-order valence-corrected chi connectivity index (χ0v) is 11.6. The van der Waals surface area contributed by atoms with Crippen molar-refractivity contribution in [2.45, 2.75) is 33.0 Å². The molecule has 2 rings (SSSR count). The van der Waals surface area contributed by atoms with E-state index < -0.39 is 6.29 Å². The zero-order chi connectivity index (χ0) is 14.8.